The molecule has 0 aliphatic carbocycles. The lowest BCUT2D eigenvalue weighted by atomic mass is 9.94. The van der Waals surface area contributed by atoms with E-state index in [9.17, 15) is 4.79 Å². The van der Waals surface area contributed by atoms with Crippen LogP contribution in [0.4, 0.5) is 5.69 Å². The van der Waals surface area contributed by atoms with Gasteiger partial charge < -0.3 is 11.5 Å². The monoisotopic (exact) mass is 340 g/mol. The van der Waals surface area contributed by atoms with Crippen molar-refractivity contribution >= 4 is 22.5 Å². The first-order valence-electron chi connectivity index (χ1n) is 8.15. The van der Waals surface area contributed by atoms with Gasteiger partial charge in [0, 0.05) is 11.6 Å². The molecule has 4 N–H and O–H groups in total. The smallest absolute Gasteiger partial charge is 0.250 e. The van der Waals surface area contributed by atoms with Gasteiger partial charge in [-0.1, -0.05) is 54.6 Å². The summed E-state index contributed by atoms with van der Waals surface area (Å²) in [4.78, 5) is 20.9. The van der Waals surface area contributed by atoms with Crippen LogP contribution in [0.25, 0.3) is 33.4 Å². The summed E-state index contributed by atoms with van der Waals surface area (Å²) in [6, 6.07) is 21.0. The Hall–Kier alpha value is -3.73. The van der Waals surface area contributed by atoms with Crippen LogP contribution in [-0.2, 0) is 0 Å². The van der Waals surface area contributed by atoms with Crippen LogP contribution >= 0.6 is 0 Å². The quantitative estimate of drug-likeness (QED) is 0.557. The number of fused-ring (bicyclic) bond motifs is 1. The molecule has 3 aromatic carbocycles. The average molecular weight is 340 g/mol. The molecule has 0 atom stereocenters. The van der Waals surface area contributed by atoms with Gasteiger partial charge in [-0.3, -0.25) is 4.79 Å². The second-order valence-electron chi connectivity index (χ2n) is 5.93. The standard InChI is InChI=1S/C21H16N4O/c22-19-16(20(23)26)11-10-15(13-6-2-1-3-7-13)18(19)21-24-12-14-8-4-5-9-17(14)25-21/h1-12H,22H2,(H2,23,26). The number of primary amides is 1. The molecule has 0 aliphatic heterocycles. The Kier molecular flexibility index (Phi) is 3.82. The first-order chi connectivity index (χ1) is 12.6. The normalized spacial score (nSPS) is 10.8. The first kappa shape index (κ1) is 15.8. The predicted molar refractivity (Wildman–Crippen MR) is 103 cm³/mol. The zero-order valence-corrected chi connectivity index (χ0v) is 13.9. The maximum absolute atomic E-state index is 11.8. The van der Waals surface area contributed by atoms with Crippen LogP contribution in [-0.4, -0.2) is 15.9 Å². The molecule has 4 rings (SSSR count). The van der Waals surface area contributed by atoms with E-state index in [1.807, 2.05) is 60.7 Å². The summed E-state index contributed by atoms with van der Waals surface area (Å²) in [6.45, 7) is 0. The summed E-state index contributed by atoms with van der Waals surface area (Å²) in [5.74, 6) is -0.118. The van der Waals surface area contributed by atoms with E-state index in [4.69, 9.17) is 11.5 Å². The first-order valence-corrected chi connectivity index (χ1v) is 8.15. The van der Waals surface area contributed by atoms with Crippen molar-refractivity contribution < 1.29 is 4.79 Å². The third-order valence-corrected chi connectivity index (χ3v) is 4.31. The zero-order valence-electron chi connectivity index (χ0n) is 13.9. The molecule has 26 heavy (non-hydrogen) atoms. The lowest BCUT2D eigenvalue weighted by Gasteiger charge is -2.14. The molecule has 0 saturated carbocycles. The van der Waals surface area contributed by atoms with Gasteiger partial charge in [-0.05, 0) is 23.3 Å². The van der Waals surface area contributed by atoms with Gasteiger partial charge in [-0.25, -0.2) is 9.97 Å². The van der Waals surface area contributed by atoms with Gasteiger partial charge in [0.05, 0.1) is 22.3 Å². The van der Waals surface area contributed by atoms with Crippen LogP contribution in [0.3, 0.4) is 0 Å². The third-order valence-electron chi connectivity index (χ3n) is 4.31. The maximum atomic E-state index is 11.8. The van der Waals surface area contributed by atoms with E-state index in [0.29, 0.717) is 11.4 Å². The molecule has 5 heteroatoms. The molecular weight excluding hydrogens is 324 g/mol. The number of aromatic nitrogens is 2. The summed E-state index contributed by atoms with van der Waals surface area (Å²) in [7, 11) is 0. The molecule has 126 valence electrons. The molecular formula is C21H16N4O. The summed E-state index contributed by atoms with van der Waals surface area (Å²) < 4.78 is 0. The van der Waals surface area contributed by atoms with Crippen LogP contribution in [0.1, 0.15) is 10.4 Å². The number of carbonyl (C=O) groups excluding carboxylic acids is 1. The molecule has 0 saturated heterocycles. The maximum Gasteiger partial charge on any atom is 0.250 e. The second-order valence-corrected chi connectivity index (χ2v) is 5.93. The minimum atomic E-state index is -0.579. The van der Waals surface area contributed by atoms with Crippen LogP contribution in [0.2, 0.25) is 0 Å². The van der Waals surface area contributed by atoms with Crippen molar-refractivity contribution in [2.75, 3.05) is 5.73 Å². The van der Waals surface area contributed by atoms with Crippen molar-refractivity contribution in [2.24, 2.45) is 5.73 Å². The lowest BCUT2D eigenvalue weighted by Crippen LogP contribution is -2.14. The summed E-state index contributed by atoms with van der Waals surface area (Å²) in [6.07, 6.45) is 1.75. The number of nitrogens with two attached hydrogens (primary N) is 2. The van der Waals surface area contributed by atoms with Gasteiger partial charge in [0.2, 0.25) is 0 Å². The number of nitrogens with zero attached hydrogens (tertiary/aromatic N) is 2. The van der Waals surface area contributed by atoms with E-state index in [1.165, 1.54) is 0 Å². The fraction of sp³-hybridized carbons (Fsp3) is 0. The average Bonchev–Trinajstić information content (AvgIpc) is 2.67. The van der Waals surface area contributed by atoms with Crippen LogP contribution in [0.15, 0.2) is 72.9 Å². The number of para-hydroxylation sites is 1. The topological polar surface area (TPSA) is 94.9 Å². The van der Waals surface area contributed by atoms with Gasteiger partial charge >= 0.3 is 0 Å². The Morgan fingerprint density at radius 2 is 1.62 bits per heavy atom. The van der Waals surface area contributed by atoms with Crippen LogP contribution in [0, 0.1) is 0 Å². The van der Waals surface area contributed by atoms with Gasteiger partial charge in [0.1, 0.15) is 0 Å². The Bertz CT molecular complexity index is 1120. The number of hydrogen-bond donors (Lipinski definition) is 2. The molecule has 1 aromatic heterocycles. The van der Waals surface area contributed by atoms with Gasteiger partial charge in [0.15, 0.2) is 5.82 Å². The number of rotatable bonds is 3. The molecule has 1 amide bonds. The van der Waals surface area contributed by atoms with Crippen molar-refractivity contribution in [1.82, 2.24) is 9.97 Å². The van der Waals surface area contributed by atoms with Gasteiger partial charge in [-0.15, -0.1) is 0 Å². The number of nitrogen functional groups attached to an aromatic ring is 1. The number of amides is 1. The highest BCUT2D eigenvalue weighted by molar-refractivity contribution is 6.04. The summed E-state index contributed by atoms with van der Waals surface area (Å²) >= 11 is 0. The van der Waals surface area contributed by atoms with E-state index < -0.39 is 5.91 Å². The fourth-order valence-electron chi connectivity index (χ4n) is 3.03. The van der Waals surface area contributed by atoms with Crippen molar-refractivity contribution in [1.29, 1.82) is 0 Å². The second kappa shape index (κ2) is 6.29. The highest BCUT2D eigenvalue weighted by atomic mass is 16.1. The Morgan fingerprint density at radius 1 is 0.885 bits per heavy atom. The van der Waals surface area contributed by atoms with E-state index in [1.54, 1.807) is 12.3 Å². The zero-order chi connectivity index (χ0) is 18.1. The molecule has 1 heterocycles. The number of hydrogen-bond acceptors (Lipinski definition) is 4. The summed E-state index contributed by atoms with van der Waals surface area (Å²) in [5, 5.41) is 0.933. The van der Waals surface area contributed by atoms with Gasteiger partial charge in [0.25, 0.3) is 5.91 Å². The molecule has 0 aliphatic rings. The third kappa shape index (κ3) is 2.65. The molecule has 0 radical (unpaired) electrons. The molecule has 0 fully saturated rings. The summed E-state index contributed by atoms with van der Waals surface area (Å²) in [5.41, 5.74) is 15.6. The van der Waals surface area contributed by atoms with Crippen LogP contribution in [0.5, 0.6) is 0 Å². The van der Waals surface area contributed by atoms with Crippen LogP contribution < -0.4 is 11.5 Å². The minimum Gasteiger partial charge on any atom is -0.397 e. The Balaban J connectivity index is 2.03. The molecule has 5 nitrogen and oxygen atoms in total. The molecule has 0 bridgehead atoms. The highest BCUT2D eigenvalue weighted by Crippen LogP contribution is 2.37. The van der Waals surface area contributed by atoms with Crippen molar-refractivity contribution in [3.05, 3.63) is 78.5 Å². The molecule has 0 unspecified atom stereocenters. The Labute approximate surface area is 150 Å². The van der Waals surface area contributed by atoms with Crippen molar-refractivity contribution in [3.63, 3.8) is 0 Å². The lowest BCUT2D eigenvalue weighted by molar-refractivity contribution is 0.100. The van der Waals surface area contributed by atoms with E-state index >= 15 is 0 Å². The number of benzene rings is 3. The number of anilines is 1. The highest BCUT2D eigenvalue weighted by Gasteiger charge is 2.19. The van der Waals surface area contributed by atoms with Gasteiger partial charge in [-0.2, -0.15) is 0 Å². The largest absolute Gasteiger partial charge is 0.397 e. The number of carbonyl (C=O) groups is 1. The SMILES string of the molecule is NC(=O)c1ccc(-c2ccccc2)c(-c2ncc3ccccc3n2)c1N. The van der Waals surface area contributed by atoms with E-state index in [-0.39, 0.29) is 11.3 Å². The molecule has 4 aromatic rings. The fourth-order valence-corrected chi connectivity index (χ4v) is 3.03. The van der Waals surface area contributed by atoms with Crippen molar-refractivity contribution in [2.45, 2.75) is 0 Å². The van der Waals surface area contributed by atoms with E-state index in [2.05, 4.69) is 9.97 Å². The van der Waals surface area contributed by atoms with E-state index in [0.717, 1.165) is 22.0 Å². The minimum absolute atomic E-state index is 0.261. The Morgan fingerprint density at radius 3 is 2.38 bits per heavy atom. The molecule has 0 spiro atoms. The predicted octanol–water partition coefficient (Wildman–Crippen LogP) is 3.64. The van der Waals surface area contributed by atoms with Crippen molar-refractivity contribution in [3.8, 4) is 22.5 Å².